The van der Waals surface area contributed by atoms with E-state index in [1.54, 1.807) is 25.2 Å². The number of rotatable bonds is 6. The van der Waals surface area contributed by atoms with Crippen molar-refractivity contribution < 1.29 is 23.4 Å². The van der Waals surface area contributed by atoms with E-state index in [1.807, 2.05) is 6.07 Å². The second-order valence-corrected chi connectivity index (χ2v) is 6.59. The van der Waals surface area contributed by atoms with Crippen molar-refractivity contribution in [3.05, 3.63) is 52.3 Å². The molecule has 0 bridgehead atoms. The Morgan fingerprint density at radius 1 is 1.03 bits per heavy atom. The molecule has 0 saturated heterocycles. The Hall–Kier alpha value is -4.41. The van der Waals surface area contributed by atoms with Crippen molar-refractivity contribution in [3.8, 4) is 28.8 Å². The number of carbonyl (C=O) groups excluding carboxylic acids is 1. The molecule has 4 aromatic rings. The number of methoxy groups -OCH3 is 3. The number of fused-ring (bicyclic) bond motifs is 1. The Kier molecular flexibility index (Phi) is 5.46. The minimum Gasteiger partial charge on any atom is -0.493 e. The number of nitrogens with zero attached hydrogens (tertiary/aromatic N) is 4. The molecule has 0 aliphatic heterocycles. The molecule has 0 aliphatic carbocycles. The predicted molar refractivity (Wildman–Crippen MR) is 114 cm³/mol. The smallest absolute Gasteiger partial charge is 0.322 e. The summed E-state index contributed by atoms with van der Waals surface area (Å²) in [6, 6.07) is 9.93. The van der Waals surface area contributed by atoms with Gasteiger partial charge in [-0.1, -0.05) is 17.2 Å². The standard InChI is InChI=1S/C21H19N5O6/c1-26-13-8-6-5-7-12(13)22-16(20(26)28)19-24-25-21(32-19)23-18(27)11-9-14(29-2)17(31-4)15(10-11)30-3/h5-10H,1-4H3,(H,23,25,27). The maximum absolute atomic E-state index is 12.7. The highest BCUT2D eigenvalue weighted by atomic mass is 16.5. The molecule has 1 N–H and O–H groups in total. The minimum atomic E-state index is -0.557. The lowest BCUT2D eigenvalue weighted by Gasteiger charge is -2.13. The number of aromatic nitrogens is 4. The number of benzene rings is 2. The number of hydrogen-bond donors (Lipinski definition) is 1. The summed E-state index contributed by atoms with van der Waals surface area (Å²) in [5.74, 6) is 0.305. The first-order valence-corrected chi connectivity index (χ1v) is 9.37. The zero-order valence-corrected chi connectivity index (χ0v) is 17.7. The van der Waals surface area contributed by atoms with Crippen LogP contribution in [0.1, 0.15) is 10.4 Å². The first-order valence-electron chi connectivity index (χ1n) is 9.37. The third-order valence-electron chi connectivity index (χ3n) is 4.76. The Morgan fingerprint density at radius 2 is 1.72 bits per heavy atom. The molecule has 2 aromatic heterocycles. The van der Waals surface area contributed by atoms with Gasteiger partial charge in [-0.05, 0) is 24.3 Å². The summed E-state index contributed by atoms with van der Waals surface area (Å²) in [6.07, 6.45) is 0. The SMILES string of the molecule is COc1cc(C(=O)Nc2nnc(-c3nc4ccccc4n(C)c3=O)o2)cc(OC)c1OC. The van der Waals surface area contributed by atoms with Crippen LogP contribution in [-0.2, 0) is 7.05 Å². The van der Waals surface area contributed by atoms with Crippen LogP contribution in [0.3, 0.4) is 0 Å². The first-order chi connectivity index (χ1) is 15.5. The van der Waals surface area contributed by atoms with Gasteiger partial charge in [0, 0.05) is 12.6 Å². The van der Waals surface area contributed by atoms with Crippen LogP contribution in [0.15, 0.2) is 45.6 Å². The quantitative estimate of drug-likeness (QED) is 0.482. The Balaban J connectivity index is 1.65. The van der Waals surface area contributed by atoms with Crippen LogP contribution in [0.5, 0.6) is 17.2 Å². The summed E-state index contributed by atoms with van der Waals surface area (Å²) < 4.78 is 22.7. The molecular weight excluding hydrogens is 418 g/mol. The van der Waals surface area contributed by atoms with Crippen LogP contribution in [0.4, 0.5) is 6.01 Å². The fourth-order valence-corrected chi connectivity index (χ4v) is 3.17. The van der Waals surface area contributed by atoms with Gasteiger partial charge in [-0.15, -0.1) is 5.10 Å². The molecule has 11 nitrogen and oxygen atoms in total. The van der Waals surface area contributed by atoms with Crippen LogP contribution in [0.2, 0.25) is 0 Å². The van der Waals surface area contributed by atoms with E-state index in [9.17, 15) is 9.59 Å². The van der Waals surface area contributed by atoms with Crippen molar-refractivity contribution >= 4 is 23.0 Å². The number of hydrogen-bond acceptors (Lipinski definition) is 9. The molecule has 2 aromatic carbocycles. The topological polar surface area (TPSA) is 131 Å². The monoisotopic (exact) mass is 437 g/mol. The third kappa shape index (κ3) is 3.60. The molecule has 11 heteroatoms. The largest absolute Gasteiger partial charge is 0.493 e. The van der Waals surface area contributed by atoms with Crippen LogP contribution in [0.25, 0.3) is 22.6 Å². The van der Waals surface area contributed by atoms with Gasteiger partial charge in [-0.3, -0.25) is 14.9 Å². The normalized spacial score (nSPS) is 10.8. The summed E-state index contributed by atoms with van der Waals surface area (Å²) in [4.78, 5) is 29.7. The van der Waals surface area contributed by atoms with Crippen molar-refractivity contribution in [2.45, 2.75) is 0 Å². The molecule has 2 heterocycles. The molecular formula is C21H19N5O6. The van der Waals surface area contributed by atoms with E-state index in [1.165, 1.54) is 38.0 Å². The lowest BCUT2D eigenvalue weighted by Crippen LogP contribution is -2.20. The first kappa shape index (κ1) is 20.8. The maximum atomic E-state index is 12.7. The van der Waals surface area contributed by atoms with Gasteiger partial charge >= 0.3 is 6.01 Å². The lowest BCUT2D eigenvalue weighted by molar-refractivity contribution is 0.102. The molecule has 0 aliphatic rings. The number of aryl methyl sites for hydroxylation is 1. The van der Waals surface area contributed by atoms with Gasteiger partial charge in [0.2, 0.25) is 5.75 Å². The molecule has 0 fully saturated rings. The highest BCUT2D eigenvalue weighted by Gasteiger charge is 2.21. The molecule has 0 unspecified atom stereocenters. The number of amides is 1. The van der Waals surface area contributed by atoms with Gasteiger partial charge in [0.05, 0.1) is 32.4 Å². The summed E-state index contributed by atoms with van der Waals surface area (Å²) >= 11 is 0. The van der Waals surface area contributed by atoms with Gasteiger partial charge in [0.1, 0.15) is 0 Å². The molecule has 0 atom stereocenters. The van der Waals surface area contributed by atoms with E-state index >= 15 is 0 Å². The predicted octanol–water partition coefficient (Wildman–Crippen LogP) is 2.26. The highest BCUT2D eigenvalue weighted by Crippen LogP contribution is 2.38. The van der Waals surface area contributed by atoms with Gasteiger partial charge in [-0.25, -0.2) is 4.98 Å². The average molecular weight is 437 g/mol. The van der Waals surface area contributed by atoms with Crippen LogP contribution in [-0.4, -0.2) is 47.0 Å². The molecule has 0 radical (unpaired) electrons. The summed E-state index contributed by atoms with van der Waals surface area (Å²) in [7, 11) is 5.98. The number of nitrogens with one attached hydrogen (secondary N) is 1. The average Bonchev–Trinajstić information content (AvgIpc) is 3.28. The number of anilines is 1. The van der Waals surface area contributed by atoms with E-state index in [4.69, 9.17) is 18.6 Å². The van der Waals surface area contributed by atoms with Crippen molar-refractivity contribution in [1.29, 1.82) is 0 Å². The van der Waals surface area contributed by atoms with E-state index in [-0.39, 0.29) is 23.2 Å². The summed E-state index contributed by atoms with van der Waals surface area (Å²) in [6.45, 7) is 0. The molecule has 4 rings (SSSR count). The Bertz CT molecular complexity index is 1350. The molecule has 0 saturated carbocycles. The Morgan fingerprint density at radius 3 is 2.38 bits per heavy atom. The van der Waals surface area contributed by atoms with Crippen LogP contribution < -0.4 is 25.1 Å². The van der Waals surface area contributed by atoms with E-state index in [2.05, 4.69) is 20.5 Å². The third-order valence-corrected chi connectivity index (χ3v) is 4.76. The van der Waals surface area contributed by atoms with Gasteiger partial charge in [0.25, 0.3) is 17.4 Å². The van der Waals surface area contributed by atoms with Gasteiger partial charge in [-0.2, -0.15) is 0 Å². The highest BCUT2D eigenvalue weighted by molar-refractivity contribution is 6.04. The lowest BCUT2D eigenvalue weighted by atomic mass is 10.1. The molecule has 32 heavy (non-hydrogen) atoms. The molecule has 1 amide bonds. The maximum Gasteiger partial charge on any atom is 0.322 e. The molecule has 164 valence electrons. The van der Waals surface area contributed by atoms with Crippen molar-refractivity contribution in [3.63, 3.8) is 0 Å². The van der Waals surface area contributed by atoms with Crippen molar-refractivity contribution in [2.75, 3.05) is 26.6 Å². The van der Waals surface area contributed by atoms with E-state index in [0.29, 0.717) is 28.3 Å². The van der Waals surface area contributed by atoms with Crippen molar-refractivity contribution in [1.82, 2.24) is 19.7 Å². The number of carbonyl (C=O) groups is 1. The summed E-state index contributed by atoms with van der Waals surface area (Å²) in [5.41, 5.74) is 1.03. The van der Waals surface area contributed by atoms with Gasteiger partial charge < -0.3 is 23.2 Å². The molecule has 0 spiro atoms. The second-order valence-electron chi connectivity index (χ2n) is 6.59. The van der Waals surface area contributed by atoms with E-state index < -0.39 is 11.5 Å². The van der Waals surface area contributed by atoms with Crippen molar-refractivity contribution in [2.24, 2.45) is 7.05 Å². The van der Waals surface area contributed by atoms with Crippen LogP contribution in [0, 0.1) is 0 Å². The Labute approximate surface area is 181 Å². The van der Waals surface area contributed by atoms with Crippen LogP contribution >= 0.6 is 0 Å². The number of para-hydroxylation sites is 2. The van der Waals surface area contributed by atoms with Gasteiger partial charge in [0.15, 0.2) is 17.2 Å². The second kappa shape index (κ2) is 8.38. The zero-order valence-electron chi connectivity index (χ0n) is 17.7. The zero-order chi connectivity index (χ0) is 22.8. The fraction of sp³-hybridized carbons (Fsp3) is 0.190. The number of ether oxygens (including phenoxy) is 3. The summed E-state index contributed by atoms with van der Waals surface area (Å²) in [5, 5.41) is 10.2. The van der Waals surface area contributed by atoms with E-state index in [0.717, 1.165) is 0 Å². The minimum absolute atomic E-state index is 0.0213. The fourth-order valence-electron chi connectivity index (χ4n) is 3.17.